The summed E-state index contributed by atoms with van der Waals surface area (Å²) in [6, 6.07) is 6.07. The first kappa shape index (κ1) is 18.3. The monoisotopic (exact) mass is 349 g/mol. The lowest BCUT2D eigenvalue weighted by Crippen LogP contribution is -2.10. The Bertz CT molecular complexity index is 700. The molecule has 0 unspecified atom stereocenters. The van der Waals surface area contributed by atoms with Crippen molar-refractivity contribution in [2.45, 2.75) is 46.0 Å². The van der Waals surface area contributed by atoms with Crippen molar-refractivity contribution in [1.29, 1.82) is 0 Å². The van der Waals surface area contributed by atoms with Crippen molar-refractivity contribution in [2.24, 2.45) is 0 Å². The van der Waals surface area contributed by atoms with Crippen LogP contribution in [0.3, 0.4) is 0 Å². The molecule has 1 aromatic heterocycles. The quantitative estimate of drug-likeness (QED) is 0.539. The predicted molar refractivity (Wildman–Crippen MR) is 93.3 cm³/mol. The fraction of sp³-hybridized carbons (Fsp3) is 0.471. The SMILES string of the molecule is CCOC(=O)CSc1nnc(COc2ccc(C)cc2C)n1CC. The van der Waals surface area contributed by atoms with Crippen LogP contribution in [-0.4, -0.2) is 33.1 Å². The Morgan fingerprint density at radius 2 is 2.04 bits per heavy atom. The largest absolute Gasteiger partial charge is 0.485 e. The number of rotatable bonds is 8. The Morgan fingerprint density at radius 1 is 1.25 bits per heavy atom. The molecule has 0 amide bonds. The molecule has 24 heavy (non-hydrogen) atoms. The molecule has 1 aromatic carbocycles. The highest BCUT2D eigenvalue weighted by molar-refractivity contribution is 7.99. The molecule has 0 saturated heterocycles. The van der Waals surface area contributed by atoms with Gasteiger partial charge in [-0.05, 0) is 39.3 Å². The van der Waals surface area contributed by atoms with Crippen molar-refractivity contribution in [3.63, 3.8) is 0 Å². The van der Waals surface area contributed by atoms with Crippen LogP contribution >= 0.6 is 11.8 Å². The average molecular weight is 349 g/mol. The first-order valence-electron chi connectivity index (χ1n) is 7.95. The van der Waals surface area contributed by atoms with Gasteiger partial charge in [0.05, 0.1) is 12.4 Å². The third-order valence-electron chi connectivity index (χ3n) is 3.42. The van der Waals surface area contributed by atoms with Crippen molar-refractivity contribution in [2.75, 3.05) is 12.4 Å². The van der Waals surface area contributed by atoms with E-state index in [-0.39, 0.29) is 11.7 Å². The normalized spacial score (nSPS) is 10.7. The highest BCUT2D eigenvalue weighted by Crippen LogP contribution is 2.21. The van der Waals surface area contributed by atoms with E-state index >= 15 is 0 Å². The Balaban J connectivity index is 2.01. The van der Waals surface area contributed by atoms with Crippen LogP contribution < -0.4 is 4.74 Å². The summed E-state index contributed by atoms with van der Waals surface area (Å²) in [5.41, 5.74) is 2.30. The first-order valence-corrected chi connectivity index (χ1v) is 8.94. The lowest BCUT2D eigenvalue weighted by atomic mass is 10.1. The van der Waals surface area contributed by atoms with Crippen molar-refractivity contribution in [1.82, 2.24) is 14.8 Å². The molecule has 0 aliphatic rings. The van der Waals surface area contributed by atoms with Gasteiger partial charge >= 0.3 is 5.97 Å². The van der Waals surface area contributed by atoms with E-state index in [4.69, 9.17) is 9.47 Å². The number of esters is 1. The minimum Gasteiger partial charge on any atom is -0.485 e. The predicted octanol–water partition coefficient (Wildman–Crippen LogP) is 3.15. The second-order valence-electron chi connectivity index (χ2n) is 5.29. The topological polar surface area (TPSA) is 66.2 Å². The van der Waals surface area contributed by atoms with Crippen molar-refractivity contribution in [3.8, 4) is 5.75 Å². The third-order valence-corrected chi connectivity index (χ3v) is 4.36. The molecule has 7 heteroatoms. The summed E-state index contributed by atoms with van der Waals surface area (Å²) < 4.78 is 12.8. The summed E-state index contributed by atoms with van der Waals surface area (Å²) in [6.45, 7) is 9.31. The third kappa shape index (κ3) is 4.74. The molecule has 0 radical (unpaired) electrons. The zero-order valence-corrected chi connectivity index (χ0v) is 15.4. The van der Waals surface area contributed by atoms with Gasteiger partial charge in [0, 0.05) is 6.54 Å². The molecule has 0 bridgehead atoms. The number of thioether (sulfide) groups is 1. The molecule has 6 nitrogen and oxygen atoms in total. The Hall–Kier alpha value is -2.02. The highest BCUT2D eigenvalue weighted by Gasteiger charge is 2.14. The summed E-state index contributed by atoms with van der Waals surface area (Å²) >= 11 is 1.33. The van der Waals surface area contributed by atoms with Gasteiger partial charge in [-0.3, -0.25) is 4.79 Å². The molecule has 2 rings (SSSR count). The molecular weight excluding hydrogens is 326 g/mol. The van der Waals surface area contributed by atoms with E-state index in [0.717, 1.165) is 17.1 Å². The number of aromatic nitrogens is 3. The Morgan fingerprint density at radius 3 is 2.71 bits per heavy atom. The molecule has 130 valence electrons. The van der Waals surface area contributed by atoms with Crippen LogP contribution in [0.2, 0.25) is 0 Å². The van der Waals surface area contributed by atoms with Crippen LogP contribution in [0.1, 0.15) is 30.8 Å². The molecular formula is C17H23N3O3S. The molecule has 0 atom stereocenters. The summed E-state index contributed by atoms with van der Waals surface area (Å²) in [6.07, 6.45) is 0. The second-order valence-corrected chi connectivity index (χ2v) is 6.24. The molecule has 0 N–H and O–H groups in total. The maximum Gasteiger partial charge on any atom is 0.316 e. The smallest absolute Gasteiger partial charge is 0.316 e. The standard InChI is InChI=1S/C17H23N3O3S/c1-5-20-15(10-23-14-8-7-12(3)9-13(14)4)18-19-17(20)24-11-16(21)22-6-2/h7-9H,5-6,10-11H2,1-4H3. The summed E-state index contributed by atoms with van der Waals surface area (Å²) in [4.78, 5) is 11.5. The van der Waals surface area contributed by atoms with Crippen molar-refractivity contribution >= 4 is 17.7 Å². The molecule has 0 saturated carbocycles. The van der Waals surface area contributed by atoms with Crippen LogP contribution in [0.4, 0.5) is 0 Å². The average Bonchev–Trinajstić information content (AvgIpc) is 2.94. The number of aryl methyl sites for hydroxylation is 2. The number of benzene rings is 1. The van der Waals surface area contributed by atoms with Gasteiger partial charge in [0.2, 0.25) is 0 Å². The van der Waals surface area contributed by atoms with Crippen LogP contribution in [0.25, 0.3) is 0 Å². The number of ether oxygens (including phenoxy) is 2. The zero-order valence-electron chi connectivity index (χ0n) is 14.5. The van der Waals surface area contributed by atoms with Crippen LogP contribution in [-0.2, 0) is 22.7 Å². The van der Waals surface area contributed by atoms with E-state index in [1.54, 1.807) is 6.92 Å². The van der Waals surface area contributed by atoms with Gasteiger partial charge in [-0.1, -0.05) is 29.5 Å². The molecule has 0 fully saturated rings. The first-order chi connectivity index (χ1) is 11.5. The lowest BCUT2D eigenvalue weighted by molar-refractivity contribution is -0.139. The van der Waals surface area contributed by atoms with E-state index < -0.39 is 0 Å². The summed E-state index contributed by atoms with van der Waals surface area (Å²) in [5, 5.41) is 9.04. The zero-order chi connectivity index (χ0) is 17.5. The van der Waals surface area contributed by atoms with Crippen LogP contribution in [0.5, 0.6) is 5.75 Å². The number of carbonyl (C=O) groups is 1. The van der Waals surface area contributed by atoms with Gasteiger partial charge in [-0.2, -0.15) is 0 Å². The van der Waals surface area contributed by atoms with Crippen LogP contribution in [0.15, 0.2) is 23.4 Å². The molecule has 1 heterocycles. The lowest BCUT2D eigenvalue weighted by Gasteiger charge is -2.11. The van der Waals surface area contributed by atoms with E-state index in [2.05, 4.69) is 23.2 Å². The van der Waals surface area contributed by atoms with E-state index in [1.807, 2.05) is 30.5 Å². The Kier molecular flexibility index (Phi) is 6.66. The number of hydrogen-bond acceptors (Lipinski definition) is 6. The van der Waals surface area contributed by atoms with Gasteiger partial charge in [0.1, 0.15) is 12.4 Å². The molecule has 0 spiro atoms. The minimum absolute atomic E-state index is 0.226. The molecule has 0 aliphatic heterocycles. The van der Waals surface area contributed by atoms with E-state index in [1.165, 1.54) is 17.3 Å². The van der Waals surface area contributed by atoms with Crippen molar-refractivity contribution in [3.05, 3.63) is 35.2 Å². The minimum atomic E-state index is -0.249. The number of hydrogen-bond donors (Lipinski definition) is 0. The number of nitrogens with zero attached hydrogens (tertiary/aromatic N) is 3. The highest BCUT2D eigenvalue weighted by atomic mass is 32.2. The second kappa shape index (κ2) is 8.73. The van der Waals surface area contributed by atoms with Crippen molar-refractivity contribution < 1.29 is 14.3 Å². The van der Waals surface area contributed by atoms with Gasteiger partial charge in [-0.15, -0.1) is 10.2 Å². The summed E-state index contributed by atoms with van der Waals surface area (Å²) in [7, 11) is 0. The fourth-order valence-corrected chi connectivity index (χ4v) is 3.10. The van der Waals surface area contributed by atoms with Gasteiger partial charge in [0.25, 0.3) is 0 Å². The molecule has 2 aromatic rings. The maximum absolute atomic E-state index is 11.5. The van der Waals surface area contributed by atoms with E-state index in [9.17, 15) is 4.79 Å². The maximum atomic E-state index is 11.5. The van der Waals surface area contributed by atoms with Gasteiger partial charge < -0.3 is 14.0 Å². The van der Waals surface area contributed by atoms with E-state index in [0.29, 0.717) is 24.9 Å². The van der Waals surface area contributed by atoms with Gasteiger partial charge in [-0.25, -0.2) is 0 Å². The molecule has 0 aliphatic carbocycles. The fourth-order valence-electron chi connectivity index (χ4n) is 2.28. The number of carbonyl (C=O) groups excluding carboxylic acids is 1. The Labute approximate surface area is 146 Å². The summed E-state index contributed by atoms with van der Waals surface area (Å²) in [5.74, 6) is 1.56. The van der Waals surface area contributed by atoms with Crippen LogP contribution in [0, 0.1) is 13.8 Å². The van der Waals surface area contributed by atoms with Gasteiger partial charge in [0.15, 0.2) is 11.0 Å².